The van der Waals surface area contributed by atoms with Gasteiger partial charge in [0.2, 0.25) is 0 Å². The average molecular weight is 453 g/mol. The van der Waals surface area contributed by atoms with Crippen LogP contribution < -0.4 is 0 Å². The van der Waals surface area contributed by atoms with E-state index in [9.17, 15) is 14.4 Å². The standard InChI is InChI=1S/C26H32N2O5/c1-25(2,3)32-23(30)20-17(13-12-16-10-8-7-9-11-16)14-18-15-27(24(31)33-26(4,5)6)21-19(18)28(20)22(21)29/h7-13,18-19,21H,14-15H2,1-6H3/b13-12+/t18?,19-,21?/m1/s1. The monoisotopic (exact) mass is 452 g/mol. The molecule has 0 bridgehead atoms. The van der Waals surface area contributed by atoms with Crippen LogP contribution in [0.15, 0.2) is 47.7 Å². The second-order valence-corrected chi connectivity index (χ2v) is 10.9. The van der Waals surface area contributed by atoms with Gasteiger partial charge in [-0.2, -0.15) is 0 Å². The maximum atomic E-state index is 13.2. The first-order valence-electron chi connectivity index (χ1n) is 11.4. The molecule has 2 saturated heterocycles. The molecule has 2 unspecified atom stereocenters. The SMILES string of the molecule is CC(C)(C)OC(=O)C1=C(/C=C/c2ccccc2)CC2CN(C(=O)OC(C)(C)C)C3C(=O)N1[C@H]23. The van der Waals surface area contributed by atoms with Crippen molar-refractivity contribution in [3.8, 4) is 0 Å². The van der Waals surface area contributed by atoms with Gasteiger partial charge in [-0.15, -0.1) is 0 Å². The molecule has 0 aromatic heterocycles. The molecular formula is C26H32N2O5. The second kappa shape index (κ2) is 8.04. The van der Waals surface area contributed by atoms with Crippen LogP contribution in [0.1, 0.15) is 53.5 Å². The quantitative estimate of drug-likeness (QED) is 0.509. The van der Waals surface area contributed by atoms with Crippen LogP contribution in [0, 0.1) is 5.92 Å². The third-order valence-electron chi connectivity index (χ3n) is 5.89. The highest BCUT2D eigenvalue weighted by molar-refractivity contribution is 6.03. The zero-order chi connectivity index (χ0) is 24.1. The molecule has 7 nitrogen and oxygen atoms in total. The van der Waals surface area contributed by atoms with Crippen LogP contribution in [0.25, 0.3) is 6.08 Å². The number of hydrogen-bond acceptors (Lipinski definition) is 5. The summed E-state index contributed by atoms with van der Waals surface area (Å²) in [7, 11) is 0. The van der Waals surface area contributed by atoms with Crippen LogP contribution >= 0.6 is 0 Å². The van der Waals surface area contributed by atoms with Gasteiger partial charge in [-0.25, -0.2) is 9.59 Å². The zero-order valence-corrected chi connectivity index (χ0v) is 20.1. The summed E-state index contributed by atoms with van der Waals surface area (Å²) >= 11 is 0. The molecule has 3 aliphatic heterocycles. The minimum atomic E-state index is -0.694. The normalized spacial score (nSPS) is 24.7. The van der Waals surface area contributed by atoms with Crippen molar-refractivity contribution >= 4 is 24.0 Å². The van der Waals surface area contributed by atoms with E-state index in [-0.39, 0.29) is 23.6 Å². The van der Waals surface area contributed by atoms with Gasteiger partial charge in [0.05, 0.1) is 6.04 Å². The number of hydrogen-bond donors (Lipinski definition) is 0. The molecule has 0 saturated carbocycles. The third kappa shape index (κ3) is 4.54. The topological polar surface area (TPSA) is 76.1 Å². The molecule has 3 aliphatic rings. The maximum Gasteiger partial charge on any atom is 0.411 e. The molecule has 0 aliphatic carbocycles. The van der Waals surface area contributed by atoms with E-state index in [0.717, 1.165) is 11.1 Å². The van der Waals surface area contributed by atoms with E-state index in [2.05, 4.69) is 0 Å². The Morgan fingerprint density at radius 3 is 2.21 bits per heavy atom. The largest absolute Gasteiger partial charge is 0.455 e. The van der Waals surface area contributed by atoms with Crippen LogP contribution in [0.3, 0.4) is 0 Å². The highest BCUT2D eigenvalue weighted by Gasteiger charge is 2.64. The van der Waals surface area contributed by atoms with Gasteiger partial charge < -0.3 is 9.47 Å². The van der Waals surface area contributed by atoms with Crippen molar-refractivity contribution in [2.24, 2.45) is 5.92 Å². The lowest BCUT2D eigenvalue weighted by molar-refractivity contribution is -0.163. The second-order valence-electron chi connectivity index (χ2n) is 10.9. The van der Waals surface area contributed by atoms with E-state index in [4.69, 9.17) is 9.47 Å². The van der Waals surface area contributed by atoms with Gasteiger partial charge in [0.25, 0.3) is 5.91 Å². The van der Waals surface area contributed by atoms with E-state index < -0.39 is 29.3 Å². The number of carbonyl (C=O) groups excluding carboxylic acids is 3. The minimum absolute atomic E-state index is 0.0295. The van der Waals surface area contributed by atoms with Gasteiger partial charge in [-0.1, -0.05) is 42.5 Å². The van der Waals surface area contributed by atoms with Crippen molar-refractivity contribution in [1.82, 2.24) is 9.80 Å². The van der Waals surface area contributed by atoms with E-state index in [1.54, 1.807) is 46.4 Å². The van der Waals surface area contributed by atoms with Crippen molar-refractivity contribution < 1.29 is 23.9 Å². The van der Waals surface area contributed by atoms with Crippen LogP contribution in [0.5, 0.6) is 0 Å². The Morgan fingerprint density at radius 1 is 0.970 bits per heavy atom. The van der Waals surface area contributed by atoms with Crippen LogP contribution in [0.4, 0.5) is 4.79 Å². The maximum absolute atomic E-state index is 13.2. The predicted octanol–water partition coefficient (Wildman–Crippen LogP) is 4.15. The van der Waals surface area contributed by atoms with Crippen molar-refractivity contribution in [3.63, 3.8) is 0 Å². The fourth-order valence-corrected chi connectivity index (χ4v) is 4.71. The average Bonchev–Trinajstić information content (AvgIpc) is 3.06. The Morgan fingerprint density at radius 2 is 1.61 bits per heavy atom. The summed E-state index contributed by atoms with van der Waals surface area (Å²) in [6.07, 6.45) is 3.90. The number of allylic oxidation sites excluding steroid dienone is 2. The number of benzene rings is 1. The lowest BCUT2D eigenvalue weighted by atomic mass is 9.79. The predicted molar refractivity (Wildman–Crippen MR) is 124 cm³/mol. The van der Waals surface area contributed by atoms with E-state index in [1.165, 1.54) is 4.90 Å². The number of amides is 2. The number of ether oxygens (including phenoxy) is 2. The smallest absolute Gasteiger partial charge is 0.411 e. The first kappa shape index (κ1) is 23.1. The first-order chi connectivity index (χ1) is 15.4. The molecule has 0 spiro atoms. The Labute approximate surface area is 195 Å². The number of β-lactam (4-membered cyclic amide) rings is 1. The van der Waals surface area contributed by atoms with Gasteiger partial charge in [0, 0.05) is 12.5 Å². The molecule has 33 heavy (non-hydrogen) atoms. The molecule has 0 radical (unpaired) electrons. The molecule has 1 aromatic carbocycles. The van der Waals surface area contributed by atoms with Crippen LogP contribution in [-0.4, -0.2) is 57.6 Å². The summed E-state index contributed by atoms with van der Waals surface area (Å²) in [6, 6.07) is 8.94. The molecule has 3 heterocycles. The number of carbonyl (C=O) groups is 3. The van der Waals surface area contributed by atoms with Gasteiger partial charge in [0.1, 0.15) is 22.9 Å². The molecule has 4 rings (SSSR count). The van der Waals surface area contributed by atoms with Gasteiger partial charge >= 0.3 is 12.1 Å². The summed E-state index contributed by atoms with van der Waals surface area (Å²) < 4.78 is 11.2. The summed E-state index contributed by atoms with van der Waals surface area (Å²) in [5.74, 6) is -0.752. The fraction of sp³-hybridized carbons (Fsp3) is 0.500. The van der Waals surface area contributed by atoms with E-state index in [0.29, 0.717) is 13.0 Å². The lowest BCUT2D eigenvalue weighted by Crippen LogP contribution is -2.69. The van der Waals surface area contributed by atoms with Gasteiger partial charge in [-0.3, -0.25) is 14.6 Å². The minimum Gasteiger partial charge on any atom is -0.455 e. The lowest BCUT2D eigenvalue weighted by Gasteiger charge is -2.50. The van der Waals surface area contributed by atoms with Crippen molar-refractivity contribution in [2.75, 3.05) is 6.54 Å². The Bertz CT molecular complexity index is 1030. The van der Waals surface area contributed by atoms with Gasteiger partial charge in [-0.05, 0) is 59.1 Å². The Kier molecular flexibility index (Phi) is 5.63. The zero-order valence-electron chi connectivity index (χ0n) is 20.1. The van der Waals surface area contributed by atoms with Crippen molar-refractivity contribution in [1.29, 1.82) is 0 Å². The third-order valence-corrected chi connectivity index (χ3v) is 5.89. The summed E-state index contributed by atoms with van der Waals surface area (Å²) in [5, 5.41) is 0. The van der Waals surface area contributed by atoms with Gasteiger partial charge in [0.15, 0.2) is 0 Å². The summed E-state index contributed by atoms with van der Waals surface area (Å²) in [5.41, 5.74) is 0.671. The van der Waals surface area contributed by atoms with Crippen LogP contribution in [-0.2, 0) is 19.1 Å². The van der Waals surface area contributed by atoms with E-state index in [1.807, 2.05) is 42.5 Å². The van der Waals surface area contributed by atoms with Crippen molar-refractivity contribution in [3.05, 3.63) is 53.2 Å². The molecule has 7 heteroatoms. The number of likely N-dealkylation sites (tertiary alicyclic amines) is 1. The number of esters is 1. The fourth-order valence-electron chi connectivity index (χ4n) is 4.71. The molecule has 2 amide bonds. The first-order valence-corrected chi connectivity index (χ1v) is 11.4. The highest BCUT2D eigenvalue weighted by atomic mass is 16.6. The summed E-state index contributed by atoms with van der Waals surface area (Å²) in [4.78, 5) is 42.3. The van der Waals surface area contributed by atoms with E-state index >= 15 is 0 Å². The molecule has 176 valence electrons. The Balaban J connectivity index is 1.67. The summed E-state index contributed by atoms with van der Waals surface area (Å²) in [6.45, 7) is 11.2. The molecule has 0 N–H and O–H groups in total. The number of nitrogens with zero attached hydrogens (tertiary/aromatic N) is 2. The van der Waals surface area contributed by atoms with Crippen LogP contribution in [0.2, 0.25) is 0 Å². The molecule has 2 fully saturated rings. The van der Waals surface area contributed by atoms with Crippen molar-refractivity contribution in [2.45, 2.75) is 71.2 Å². The molecular weight excluding hydrogens is 420 g/mol. The highest BCUT2D eigenvalue weighted by Crippen LogP contribution is 2.48. The number of rotatable bonds is 3. The molecule has 1 aromatic rings. The Hall–Kier alpha value is -3.09. The molecule has 3 atom stereocenters.